The third-order valence-electron chi connectivity index (χ3n) is 2.56. The fourth-order valence-electron chi connectivity index (χ4n) is 1.50. The molecule has 0 radical (unpaired) electrons. The van der Waals surface area contributed by atoms with Crippen LogP contribution in [0.4, 0.5) is 0 Å². The van der Waals surface area contributed by atoms with Crippen molar-refractivity contribution in [2.45, 2.75) is 38.7 Å². The Morgan fingerprint density at radius 1 is 1.26 bits per heavy atom. The molecule has 0 spiro atoms. The zero-order valence-corrected chi connectivity index (χ0v) is 12.1. The van der Waals surface area contributed by atoms with Crippen LogP contribution in [0.25, 0.3) is 0 Å². The van der Waals surface area contributed by atoms with E-state index in [9.17, 15) is 9.90 Å². The van der Waals surface area contributed by atoms with Crippen LogP contribution >= 0.6 is 0 Å². The highest BCUT2D eigenvalue weighted by molar-refractivity contribution is 5.91. The van der Waals surface area contributed by atoms with E-state index in [4.69, 9.17) is 9.47 Å². The van der Waals surface area contributed by atoms with E-state index in [0.717, 1.165) is 25.7 Å². The molecule has 0 rings (SSSR count). The molecule has 1 amide bonds. The van der Waals surface area contributed by atoms with Crippen LogP contribution in [0.3, 0.4) is 0 Å². The molecular weight excluding hydrogens is 246 g/mol. The second kappa shape index (κ2) is 12.1. The summed E-state index contributed by atoms with van der Waals surface area (Å²) in [6.45, 7) is 7.25. The molecule has 2 N–H and O–H groups in total. The first kappa shape index (κ1) is 18.1. The summed E-state index contributed by atoms with van der Waals surface area (Å²) in [5, 5.41) is 12.1. The number of carbonyl (C=O) groups is 1. The van der Waals surface area contributed by atoms with E-state index >= 15 is 0 Å². The summed E-state index contributed by atoms with van der Waals surface area (Å²) in [5.41, 5.74) is 0.544. The predicted molar refractivity (Wildman–Crippen MR) is 75.0 cm³/mol. The summed E-state index contributed by atoms with van der Waals surface area (Å²) in [7, 11) is 1.55. The number of carbonyl (C=O) groups excluding carboxylic acids is 1. The number of ether oxygens (including phenoxy) is 2. The Hall–Kier alpha value is -0.910. The molecule has 1 atom stereocenters. The van der Waals surface area contributed by atoms with Gasteiger partial charge in [0, 0.05) is 25.8 Å². The maximum absolute atomic E-state index is 11.2. The van der Waals surface area contributed by atoms with Crippen molar-refractivity contribution < 1.29 is 19.4 Å². The zero-order chi connectivity index (χ0) is 14.5. The molecule has 0 bridgehead atoms. The Balaban J connectivity index is 3.19. The lowest BCUT2D eigenvalue weighted by molar-refractivity contribution is -0.117. The molecule has 0 saturated heterocycles. The molecule has 1 unspecified atom stereocenters. The van der Waals surface area contributed by atoms with Crippen LogP contribution in [0.5, 0.6) is 0 Å². The number of nitrogens with one attached hydrogen (secondary N) is 1. The lowest BCUT2D eigenvalue weighted by Crippen LogP contribution is -2.24. The highest BCUT2D eigenvalue weighted by atomic mass is 16.5. The number of aliphatic hydroxyl groups excluding tert-OH is 1. The molecule has 0 heterocycles. The first-order valence-corrected chi connectivity index (χ1v) is 6.76. The number of rotatable bonds is 12. The largest absolute Gasteiger partial charge is 0.388 e. The van der Waals surface area contributed by atoms with Gasteiger partial charge in [-0.3, -0.25) is 4.79 Å². The number of aliphatic hydroxyl groups is 1. The summed E-state index contributed by atoms with van der Waals surface area (Å²) in [4.78, 5) is 11.2. The second-order valence-electron chi connectivity index (χ2n) is 4.63. The van der Waals surface area contributed by atoms with Gasteiger partial charge >= 0.3 is 0 Å². The summed E-state index contributed by atoms with van der Waals surface area (Å²) in [6.07, 6.45) is 3.51. The molecule has 0 saturated carbocycles. The van der Waals surface area contributed by atoms with Gasteiger partial charge in [0.05, 0.1) is 13.2 Å². The molecule has 0 aliphatic carbocycles. The SMILES string of the molecule is C=C(C)C(=O)NCCCCCCOCC(O)COC. The summed E-state index contributed by atoms with van der Waals surface area (Å²) in [5.74, 6) is -0.0736. The highest BCUT2D eigenvalue weighted by Gasteiger charge is 2.02. The number of hydrogen-bond donors (Lipinski definition) is 2. The van der Waals surface area contributed by atoms with Crippen LogP contribution in [0, 0.1) is 0 Å². The lowest BCUT2D eigenvalue weighted by atomic mass is 10.2. The Labute approximate surface area is 116 Å². The minimum atomic E-state index is -0.539. The number of amides is 1. The number of hydrogen-bond acceptors (Lipinski definition) is 4. The predicted octanol–water partition coefficient (Wildman–Crippen LogP) is 1.26. The Morgan fingerprint density at radius 2 is 1.95 bits per heavy atom. The van der Waals surface area contributed by atoms with Crippen LogP contribution in [-0.2, 0) is 14.3 Å². The molecule has 5 nitrogen and oxygen atoms in total. The van der Waals surface area contributed by atoms with Gasteiger partial charge in [-0.25, -0.2) is 0 Å². The minimum absolute atomic E-state index is 0.0736. The quantitative estimate of drug-likeness (QED) is 0.415. The first-order valence-electron chi connectivity index (χ1n) is 6.76. The summed E-state index contributed by atoms with van der Waals surface area (Å²) < 4.78 is 10.1. The van der Waals surface area contributed by atoms with Crippen molar-refractivity contribution in [3.8, 4) is 0 Å². The van der Waals surface area contributed by atoms with Crippen molar-refractivity contribution in [3.05, 3.63) is 12.2 Å². The lowest BCUT2D eigenvalue weighted by Gasteiger charge is -2.10. The van der Waals surface area contributed by atoms with Gasteiger partial charge < -0.3 is 19.9 Å². The maximum Gasteiger partial charge on any atom is 0.246 e. The normalized spacial score (nSPS) is 12.2. The first-order chi connectivity index (χ1) is 9.07. The van der Waals surface area contributed by atoms with E-state index in [-0.39, 0.29) is 5.91 Å². The fraction of sp³-hybridized carbons (Fsp3) is 0.786. The number of unbranched alkanes of at least 4 members (excludes halogenated alkanes) is 3. The Kier molecular flexibility index (Phi) is 11.6. The molecule has 0 aromatic heterocycles. The van der Waals surface area contributed by atoms with Crippen molar-refractivity contribution in [2.75, 3.05) is 33.5 Å². The number of methoxy groups -OCH3 is 1. The van der Waals surface area contributed by atoms with Crippen molar-refractivity contribution in [1.29, 1.82) is 0 Å². The molecule has 19 heavy (non-hydrogen) atoms. The van der Waals surface area contributed by atoms with Crippen LogP contribution in [0.15, 0.2) is 12.2 Å². The molecule has 112 valence electrons. The van der Waals surface area contributed by atoms with Gasteiger partial charge in [0.1, 0.15) is 6.10 Å². The van der Waals surface area contributed by atoms with E-state index in [1.54, 1.807) is 14.0 Å². The van der Waals surface area contributed by atoms with Crippen molar-refractivity contribution >= 4 is 5.91 Å². The van der Waals surface area contributed by atoms with Crippen LogP contribution in [-0.4, -0.2) is 50.6 Å². The molecule has 0 fully saturated rings. The van der Waals surface area contributed by atoms with E-state index in [1.165, 1.54) is 0 Å². The van der Waals surface area contributed by atoms with E-state index in [0.29, 0.717) is 31.9 Å². The van der Waals surface area contributed by atoms with Crippen molar-refractivity contribution in [3.63, 3.8) is 0 Å². The van der Waals surface area contributed by atoms with Gasteiger partial charge in [-0.05, 0) is 19.8 Å². The highest BCUT2D eigenvalue weighted by Crippen LogP contribution is 2.00. The Bertz CT molecular complexity index is 256. The van der Waals surface area contributed by atoms with E-state index in [2.05, 4.69) is 11.9 Å². The van der Waals surface area contributed by atoms with Crippen LogP contribution in [0.1, 0.15) is 32.6 Å². The maximum atomic E-state index is 11.2. The van der Waals surface area contributed by atoms with Gasteiger partial charge in [-0.15, -0.1) is 0 Å². The zero-order valence-electron chi connectivity index (χ0n) is 12.1. The molecule has 0 aromatic rings. The molecule has 5 heteroatoms. The van der Waals surface area contributed by atoms with Crippen molar-refractivity contribution in [1.82, 2.24) is 5.32 Å². The third kappa shape index (κ3) is 11.9. The molecule has 0 aliphatic heterocycles. The van der Waals surface area contributed by atoms with Crippen LogP contribution < -0.4 is 5.32 Å². The smallest absolute Gasteiger partial charge is 0.246 e. The minimum Gasteiger partial charge on any atom is -0.388 e. The van der Waals surface area contributed by atoms with Gasteiger partial charge in [0.15, 0.2) is 0 Å². The van der Waals surface area contributed by atoms with Gasteiger partial charge in [-0.1, -0.05) is 19.4 Å². The summed E-state index contributed by atoms with van der Waals surface area (Å²) in [6, 6.07) is 0. The average Bonchev–Trinajstić information content (AvgIpc) is 2.36. The average molecular weight is 273 g/mol. The van der Waals surface area contributed by atoms with E-state index in [1.807, 2.05) is 0 Å². The molecular formula is C14H27NO4. The Morgan fingerprint density at radius 3 is 2.58 bits per heavy atom. The second-order valence-corrected chi connectivity index (χ2v) is 4.63. The van der Waals surface area contributed by atoms with Gasteiger partial charge in [-0.2, -0.15) is 0 Å². The molecule has 0 aliphatic rings. The standard InChI is InChI=1S/C14H27NO4/c1-12(2)14(17)15-8-6-4-5-7-9-19-11-13(16)10-18-3/h13,16H,1,4-11H2,2-3H3,(H,15,17). The van der Waals surface area contributed by atoms with Gasteiger partial charge in [0.2, 0.25) is 5.91 Å². The fourth-order valence-corrected chi connectivity index (χ4v) is 1.50. The monoisotopic (exact) mass is 273 g/mol. The molecule has 0 aromatic carbocycles. The van der Waals surface area contributed by atoms with E-state index < -0.39 is 6.10 Å². The summed E-state index contributed by atoms with van der Waals surface area (Å²) >= 11 is 0. The van der Waals surface area contributed by atoms with Crippen LogP contribution in [0.2, 0.25) is 0 Å². The van der Waals surface area contributed by atoms with Crippen molar-refractivity contribution in [2.24, 2.45) is 0 Å². The third-order valence-corrected chi connectivity index (χ3v) is 2.56. The van der Waals surface area contributed by atoms with Gasteiger partial charge in [0.25, 0.3) is 0 Å². The topological polar surface area (TPSA) is 67.8 Å².